The van der Waals surface area contributed by atoms with E-state index in [4.69, 9.17) is 10.3 Å². The Labute approximate surface area is 122 Å². The second kappa shape index (κ2) is 6.24. The molecule has 1 aromatic rings. The Bertz CT molecular complexity index is 768. The number of carbonyl (C=O) groups is 1. The number of sulfone groups is 1. The maximum Gasteiger partial charge on any atom is 0.296 e. The normalized spacial score (nSPS) is 11.9. The molecule has 10 heteroatoms. The molecule has 0 spiro atoms. The van der Waals surface area contributed by atoms with Crippen LogP contribution in [0.1, 0.15) is 10.4 Å². The average molecular weight is 334 g/mol. The van der Waals surface area contributed by atoms with Gasteiger partial charge in [0.2, 0.25) is 0 Å². The Balaban J connectivity index is 2.88. The molecule has 0 bridgehead atoms. The molecular weight excluding hydrogens is 320 g/mol. The van der Waals surface area contributed by atoms with Crippen molar-refractivity contribution in [1.82, 2.24) is 5.32 Å². The Kier molecular flexibility index (Phi) is 5.10. The van der Waals surface area contributed by atoms with Gasteiger partial charge >= 0.3 is 0 Å². The number of rotatable bonds is 6. The summed E-state index contributed by atoms with van der Waals surface area (Å²) in [7, 11) is -7.99. The van der Waals surface area contributed by atoms with Crippen molar-refractivity contribution in [2.75, 3.05) is 18.0 Å². The molecule has 0 aromatic heterocycles. The second-order valence-corrected chi connectivity index (χ2v) is 7.47. The zero-order valence-electron chi connectivity index (χ0n) is 10.8. The fraction of sp³-hybridized carbons (Fsp3) is 0.182. The first-order chi connectivity index (χ1) is 9.57. The number of hydrogen-bond acceptors (Lipinski definition) is 6. The second-order valence-electron chi connectivity index (χ2n) is 4.02. The number of nitrogen functional groups attached to an aromatic ring is 1. The van der Waals surface area contributed by atoms with Crippen LogP contribution >= 0.6 is 0 Å². The highest BCUT2D eigenvalue weighted by atomic mass is 32.2. The number of benzene rings is 1. The molecule has 1 aromatic carbocycles. The third-order valence-corrected chi connectivity index (χ3v) is 4.67. The molecular formula is C11H14N2O6S2. The first kappa shape index (κ1) is 17.1. The molecule has 0 aliphatic rings. The van der Waals surface area contributed by atoms with Crippen LogP contribution in [-0.2, 0) is 20.0 Å². The van der Waals surface area contributed by atoms with Crippen molar-refractivity contribution in [3.63, 3.8) is 0 Å². The number of nitrogens with two attached hydrogens (primary N) is 1. The summed E-state index contributed by atoms with van der Waals surface area (Å²) in [5.41, 5.74) is 5.11. The summed E-state index contributed by atoms with van der Waals surface area (Å²) in [6.07, 6.45) is 0. The van der Waals surface area contributed by atoms with Crippen LogP contribution in [0.4, 0.5) is 5.69 Å². The lowest BCUT2D eigenvalue weighted by atomic mass is 10.2. The predicted molar refractivity (Wildman–Crippen MR) is 77.0 cm³/mol. The largest absolute Gasteiger partial charge is 0.398 e. The van der Waals surface area contributed by atoms with Crippen molar-refractivity contribution < 1.29 is 26.2 Å². The lowest BCUT2D eigenvalue weighted by Crippen LogP contribution is -2.28. The molecule has 0 aliphatic carbocycles. The van der Waals surface area contributed by atoms with Gasteiger partial charge in [-0.15, -0.1) is 0 Å². The lowest BCUT2D eigenvalue weighted by Gasteiger charge is -2.07. The topological polar surface area (TPSA) is 144 Å². The molecule has 8 nitrogen and oxygen atoms in total. The van der Waals surface area contributed by atoms with Gasteiger partial charge in [-0.1, -0.05) is 6.58 Å². The SMILES string of the molecule is C=CS(=O)(=O)CCNC(=O)c1ccc(N)c(S(=O)(=O)O)c1. The van der Waals surface area contributed by atoms with Crippen molar-refractivity contribution in [2.45, 2.75) is 4.90 Å². The van der Waals surface area contributed by atoms with Crippen LogP contribution < -0.4 is 11.1 Å². The van der Waals surface area contributed by atoms with Crippen molar-refractivity contribution >= 4 is 31.5 Å². The van der Waals surface area contributed by atoms with Crippen molar-refractivity contribution in [1.29, 1.82) is 0 Å². The summed E-state index contributed by atoms with van der Waals surface area (Å²) in [4.78, 5) is 11.2. The van der Waals surface area contributed by atoms with Gasteiger partial charge in [0, 0.05) is 17.5 Å². The van der Waals surface area contributed by atoms with Crippen molar-refractivity contribution in [3.05, 3.63) is 35.7 Å². The van der Waals surface area contributed by atoms with E-state index in [1.165, 1.54) is 6.07 Å². The number of amides is 1. The summed E-state index contributed by atoms with van der Waals surface area (Å²) in [5, 5.41) is 3.08. The van der Waals surface area contributed by atoms with Gasteiger partial charge in [-0.3, -0.25) is 9.35 Å². The van der Waals surface area contributed by atoms with Crippen LogP contribution in [-0.4, -0.2) is 39.6 Å². The first-order valence-electron chi connectivity index (χ1n) is 5.57. The molecule has 1 rings (SSSR count). The fourth-order valence-electron chi connectivity index (χ4n) is 1.39. The minimum atomic E-state index is -4.55. The molecule has 0 aliphatic heterocycles. The predicted octanol–water partition coefficient (Wildman–Crippen LogP) is -0.196. The lowest BCUT2D eigenvalue weighted by molar-refractivity contribution is 0.0956. The zero-order chi connectivity index (χ0) is 16.3. The van der Waals surface area contributed by atoms with Crippen LogP contribution in [0.2, 0.25) is 0 Å². The highest BCUT2D eigenvalue weighted by Gasteiger charge is 2.17. The standard InChI is InChI=1S/C11H14N2O6S2/c1-2-20(15,16)6-5-13-11(14)8-3-4-9(12)10(7-8)21(17,18)19/h2-4,7H,1,5-6,12H2,(H,13,14)(H,17,18,19). The molecule has 0 saturated carbocycles. The van der Waals surface area contributed by atoms with Gasteiger partial charge < -0.3 is 11.1 Å². The van der Waals surface area contributed by atoms with Gasteiger partial charge in [0.25, 0.3) is 16.0 Å². The molecule has 0 unspecified atom stereocenters. The third kappa shape index (κ3) is 4.85. The van der Waals surface area contributed by atoms with Crippen LogP contribution in [0.3, 0.4) is 0 Å². The first-order valence-corrected chi connectivity index (χ1v) is 8.73. The average Bonchev–Trinajstić information content (AvgIpc) is 2.37. The molecule has 0 radical (unpaired) electrons. The summed E-state index contributed by atoms with van der Waals surface area (Å²) < 4.78 is 53.4. The van der Waals surface area contributed by atoms with E-state index in [1.807, 2.05) is 0 Å². The molecule has 0 atom stereocenters. The zero-order valence-corrected chi connectivity index (χ0v) is 12.4. The Morgan fingerprint density at radius 1 is 1.33 bits per heavy atom. The van der Waals surface area contributed by atoms with Crippen LogP contribution in [0.15, 0.2) is 35.1 Å². The highest BCUT2D eigenvalue weighted by molar-refractivity contribution is 7.94. The number of hydrogen-bond donors (Lipinski definition) is 3. The molecule has 4 N–H and O–H groups in total. The van der Waals surface area contributed by atoms with E-state index in [0.717, 1.165) is 17.5 Å². The van der Waals surface area contributed by atoms with Gasteiger partial charge in [0.1, 0.15) is 4.90 Å². The molecule has 0 heterocycles. The Morgan fingerprint density at radius 3 is 2.48 bits per heavy atom. The molecule has 116 valence electrons. The van der Waals surface area contributed by atoms with E-state index in [1.54, 1.807) is 0 Å². The quantitative estimate of drug-likeness (QED) is 0.483. The van der Waals surface area contributed by atoms with E-state index < -0.39 is 30.8 Å². The number of carbonyl (C=O) groups excluding carboxylic acids is 1. The van der Waals surface area contributed by atoms with Gasteiger partial charge in [0.15, 0.2) is 9.84 Å². The number of nitrogens with one attached hydrogen (secondary N) is 1. The van der Waals surface area contributed by atoms with Crippen LogP contribution in [0.25, 0.3) is 0 Å². The molecule has 0 saturated heterocycles. The Morgan fingerprint density at radius 2 is 1.95 bits per heavy atom. The molecule has 21 heavy (non-hydrogen) atoms. The summed E-state index contributed by atoms with van der Waals surface area (Å²) >= 11 is 0. The minimum absolute atomic E-state index is 0.0761. The van der Waals surface area contributed by atoms with Gasteiger partial charge in [-0.2, -0.15) is 8.42 Å². The van der Waals surface area contributed by atoms with E-state index in [-0.39, 0.29) is 23.5 Å². The van der Waals surface area contributed by atoms with E-state index in [9.17, 15) is 21.6 Å². The van der Waals surface area contributed by atoms with Crippen molar-refractivity contribution in [2.24, 2.45) is 0 Å². The van der Waals surface area contributed by atoms with Gasteiger partial charge in [-0.25, -0.2) is 8.42 Å². The van der Waals surface area contributed by atoms with Crippen LogP contribution in [0.5, 0.6) is 0 Å². The fourth-order valence-corrected chi connectivity index (χ4v) is 2.59. The summed E-state index contributed by atoms with van der Waals surface area (Å²) in [6, 6.07) is 3.31. The van der Waals surface area contributed by atoms with Gasteiger partial charge in [-0.05, 0) is 18.2 Å². The highest BCUT2D eigenvalue weighted by Crippen LogP contribution is 2.19. The van der Waals surface area contributed by atoms with Crippen molar-refractivity contribution in [3.8, 4) is 0 Å². The summed E-state index contributed by atoms with van der Waals surface area (Å²) in [6.45, 7) is 2.96. The van der Waals surface area contributed by atoms with E-state index >= 15 is 0 Å². The van der Waals surface area contributed by atoms with E-state index in [2.05, 4.69) is 11.9 Å². The number of anilines is 1. The third-order valence-electron chi connectivity index (χ3n) is 2.48. The van der Waals surface area contributed by atoms with Gasteiger partial charge in [0.05, 0.1) is 11.4 Å². The summed E-state index contributed by atoms with van der Waals surface area (Å²) in [5.74, 6) is -1.03. The maximum absolute atomic E-state index is 11.8. The Hall–Kier alpha value is -1.91. The molecule has 1 amide bonds. The monoisotopic (exact) mass is 334 g/mol. The van der Waals surface area contributed by atoms with E-state index in [0.29, 0.717) is 0 Å². The molecule has 0 fully saturated rings. The maximum atomic E-state index is 11.8. The minimum Gasteiger partial charge on any atom is -0.398 e. The smallest absolute Gasteiger partial charge is 0.296 e. The van der Waals surface area contributed by atoms with Crippen LogP contribution in [0, 0.1) is 0 Å².